The van der Waals surface area contributed by atoms with E-state index in [1.165, 1.54) is 70.8 Å². The van der Waals surface area contributed by atoms with Gasteiger partial charge in [-0.2, -0.15) is 0 Å². The molecule has 12 rings (SSSR count). The molecule has 0 saturated heterocycles. The first-order valence-corrected chi connectivity index (χ1v) is 20.8. The van der Waals surface area contributed by atoms with Gasteiger partial charge in [0.15, 0.2) is 5.82 Å². The minimum atomic E-state index is 0.694. The second-order valence-electron chi connectivity index (χ2n) is 15.7. The SMILES string of the molecule is c1ccc(-c2nc(-c3ccc(-c4c5ccccc5c(-c5ccccc5)c5c4ccc4ccccc45)cc3)cc(-c3cccc(-n4c5ccccc5c5ccccc54)c3)n2)cc1. The van der Waals surface area contributed by atoms with E-state index in [1.807, 2.05) is 18.2 Å². The standard InChI is InChI=1S/C58H37N3/c1-3-17-40(18-4-1)56-49-27-10-9-26-48(49)55(50-35-34-38-16-7-8-23-45(38)57(50)56)41-32-30-39(31-33-41)51-37-52(60-58(59-51)42-19-5-2-6-20-42)43-21-15-22-44(36-43)61-53-28-13-11-24-46(53)47-25-12-14-29-54(47)61/h1-37H. The topological polar surface area (TPSA) is 30.7 Å². The molecule has 0 fully saturated rings. The monoisotopic (exact) mass is 775 g/mol. The van der Waals surface area contributed by atoms with Crippen LogP contribution in [0.2, 0.25) is 0 Å². The van der Waals surface area contributed by atoms with Gasteiger partial charge in [0.2, 0.25) is 0 Å². The molecule has 0 bridgehead atoms. The Balaban J connectivity index is 1.02. The van der Waals surface area contributed by atoms with Crippen LogP contribution in [0, 0.1) is 0 Å². The van der Waals surface area contributed by atoms with Gasteiger partial charge in [-0.15, -0.1) is 0 Å². The van der Waals surface area contributed by atoms with Crippen LogP contribution in [-0.4, -0.2) is 14.5 Å². The Kier molecular flexibility index (Phi) is 8.17. The molecule has 2 heterocycles. The van der Waals surface area contributed by atoms with E-state index in [0.717, 1.165) is 39.3 Å². The molecule has 10 aromatic carbocycles. The zero-order chi connectivity index (χ0) is 40.3. The van der Waals surface area contributed by atoms with Crippen molar-refractivity contribution >= 4 is 54.1 Å². The lowest BCUT2D eigenvalue weighted by molar-refractivity contribution is 1.16. The first kappa shape index (κ1) is 34.9. The highest BCUT2D eigenvalue weighted by Gasteiger charge is 2.20. The molecule has 284 valence electrons. The van der Waals surface area contributed by atoms with Gasteiger partial charge in [0.05, 0.1) is 22.4 Å². The van der Waals surface area contributed by atoms with Gasteiger partial charge in [-0.25, -0.2) is 9.97 Å². The van der Waals surface area contributed by atoms with Gasteiger partial charge < -0.3 is 4.57 Å². The smallest absolute Gasteiger partial charge is 0.160 e. The fourth-order valence-electron chi connectivity index (χ4n) is 9.44. The number of fused-ring (bicyclic) bond motifs is 7. The summed E-state index contributed by atoms with van der Waals surface area (Å²) in [5.41, 5.74) is 13.1. The molecule has 2 aromatic heterocycles. The van der Waals surface area contributed by atoms with Crippen molar-refractivity contribution in [2.45, 2.75) is 0 Å². The highest BCUT2D eigenvalue weighted by atomic mass is 15.0. The van der Waals surface area contributed by atoms with Gasteiger partial charge in [-0.1, -0.05) is 194 Å². The van der Waals surface area contributed by atoms with Gasteiger partial charge >= 0.3 is 0 Å². The Morgan fingerprint density at radius 1 is 0.295 bits per heavy atom. The molecule has 0 saturated carbocycles. The predicted octanol–water partition coefficient (Wildman–Crippen LogP) is 15.4. The molecule has 0 aliphatic rings. The Morgan fingerprint density at radius 3 is 1.49 bits per heavy atom. The predicted molar refractivity (Wildman–Crippen MR) is 256 cm³/mol. The molecular weight excluding hydrogens is 739 g/mol. The van der Waals surface area contributed by atoms with E-state index in [4.69, 9.17) is 9.97 Å². The summed E-state index contributed by atoms with van der Waals surface area (Å²) in [7, 11) is 0. The van der Waals surface area contributed by atoms with Crippen LogP contribution in [0.3, 0.4) is 0 Å². The molecule has 0 unspecified atom stereocenters. The van der Waals surface area contributed by atoms with Crippen LogP contribution in [0.1, 0.15) is 0 Å². The highest BCUT2D eigenvalue weighted by Crippen LogP contribution is 2.46. The maximum Gasteiger partial charge on any atom is 0.160 e. The lowest BCUT2D eigenvalue weighted by Gasteiger charge is -2.19. The quantitative estimate of drug-likeness (QED) is 0.124. The second kappa shape index (κ2) is 14.3. The average Bonchev–Trinajstić information content (AvgIpc) is 3.68. The van der Waals surface area contributed by atoms with Crippen molar-refractivity contribution in [2.24, 2.45) is 0 Å². The number of para-hydroxylation sites is 2. The maximum absolute atomic E-state index is 5.22. The number of aromatic nitrogens is 3. The summed E-state index contributed by atoms with van der Waals surface area (Å²) in [6.45, 7) is 0. The van der Waals surface area contributed by atoms with E-state index in [0.29, 0.717) is 5.82 Å². The number of rotatable bonds is 6. The minimum Gasteiger partial charge on any atom is -0.309 e. The minimum absolute atomic E-state index is 0.694. The number of benzene rings is 10. The molecular formula is C58H37N3. The van der Waals surface area contributed by atoms with Crippen molar-refractivity contribution in [1.29, 1.82) is 0 Å². The Morgan fingerprint density at radius 2 is 0.803 bits per heavy atom. The third-order valence-corrected chi connectivity index (χ3v) is 12.2. The fourth-order valence-corrected chi connectivity index (χ4v) is 9.44. The van der Waals surface area contributed by atoms with Crippen LogP contribution in [-0.2, 0) is 0 Å². The molecule has 3 heteroatoms. The molecule has 0 atom stereocenters. The maximum atomic E-state index is 5.22. The van der Waals surface area contributed by atoms with E-state index >= 15 is 0 Å². The largest absolute Gasteiger partial charge is 0.309 e. The van der Waals surface area contributed by atoms with Crippen LogP contribution in [0.25, 0.3) is 116 Å². The van der Waals surface area contributed by atoms with Crippen LogP contribution in [0.15, 0.2) is 224 Å². The Bertz CT molecular complexity index is 3570. The van der Waals surface area contributed by atoms with Gasteiger partial charge in [0, 0.05) is 33.2 Å². The molecule has 3 nitrogen and oxygen atoms in total. The van der Waals surface area contributed by atoms with E-state index in [-0.39, 0.29) is 0 Å². The molecule has 0 amide bonds. The third-order valence-electron chi connectivity index (χ3n) is 12.2. The zero-order valence-corrected chi connectivity index (χ0v) is 33.2. The van der Waals surface area contributed by atoms with E-state index in [1.54, 1.807) is 0 Å². The van der Waals surface area contributed by atoms with Crippen molar-refractivity contribution in [3.63, 3.8) is 0 Å². The van der Waals surface area contributed by atoms with E-state index in [2.05, 4.69) is 211 Å². The van der Waals surface area contributed by atoms with Crippen LogP contribution in [0.5, 0.6) is 0 Å². The van der Waals surface area contributed by atoms with Gasteiger partial charge in [-0.05, 0) is 84.9 Å². The molecule has 0 spiro atoms. The number of nitrogens with zero attached hydrogens (tertiary/aromatic N) is 3. The van der Waals surface area contributed by atoms with Crippen LogP contribution in [0.4, 0.5) is 0 Å². The van der Waals surface area contributed by atoms with Crippen molar-refractivity contribution in [2.75, 3.05) is 0 Å². The molecule has 61 heavy (non-hydrogen) atoms. The van der Waals surface area contributed by atoms with E-state index in [9.17, 15) is 0 Å². The second-order valence-corrected chi connectivity index (χ2v) is 15.7. The van der Waals surface area contributed by atoms with E-state index < -0.39 is 0 Å². The zero-order valence-electron chi connectivity index (χ0n) is 33.2. The number of hydrogen-bond donors (Lipinski definition) is 0. The molecule has 12 aromatic rings. The summed E-state index contributed by atoms with van der Waals surface area (Å²) in [5.74, 6) is 0.694. The normalized spacial score (nSPS) is 11.6. The summed E-state index contributed by atoms with van der Waals surface area (Å²) >= 11 is 0. The third kappa shape index (κ3) is 5.82. The fraction of sp³-hybridized carbons (Fsp3) is 0. The molecule has 0 radical (unpaired) electrons. The van der Waals surface area contributed by atoms with Gasteiger partial charge in [-0.3, -0.25) is 0 Å². The number of hydrogen-bond acceptors (Lipinski definition) is 2. The first-order valence-electron chi connectivity index (χ1n) is 20.8. The summed E-state index contributed by atoms with van der Waals surface area (Å²) in [6.07, 6.45) is 0. The molecule has 0 N–H and O–H groups in total. The van der Waals surface area contributed by atoms with Gasteiger partial charge in [0.25, 0.3) is 0 Å². The van der Waals surface area contributed by atoms with Crippen molar-refractivity contribution < 1.29 is 0 Å². The highest BCUT2D eigenvalue weighted by molar-refractivity contribution is 6.28. The average molecular weight is 776 g/mol. The van der Waals surface area contributed by atoms with Crippen LogP contribution < -0.4 is 0 Å². The Hall–Kier alpha value is -8.14. The first-order chi connectivity index (χ1) is 30.3. The van der Waals surface area contributed by atoms with Crippen molar-refractivity contribution in [3.05, 3.63) is 224 Å². The van der Waals surface area contributed by atoms with Crippen molar-refractivity contribution in [3.8, 4) is 61.8 Å². The lowest BCUT2D eigenvalue weighted by atomic mass is 9.84. The van der Waals surface area contributed by atoms with Crippen LogP contribution >= 0.6 is 0 Å². The van der Waals surface area contributed by atoms with Crippen molar-refractivity contribution in [1.82, 2.24) is 14.5 Å². The summed E-state index contributed by atoms with van der Waals surface area (Å²) < 4.78 is 2.36. The molecule has 0 aliphatic heterocycles. The Labute approximate surface area is 353 Å². The summed E-state index contributed by atoms with van der Waals surface area (Å²) in [6, 6.07) is 80.4. The summed E-state index contributed by atoms with van der Waals surface area (Å²) in [5, 5.41) is 9.96. The lowest BCUT2D eigenvalue weighted by Crippen LogP contribution is -1.98. The summed E-state index contributed by atoms with van der Waals surface area (Å²) in [4.78, 5) is 10.4. The van der Waals surface area contributed by atoms with Gasteiger partial charge in [0.1, 0.15) is 0 Å². The molecule has 0 aliphatic carbocycles.